The van der Waals surface area contributed by atoms with Crippen LogP contribution in [0.1, 0.15) is 11.3 Å². The fraction of sp³-hybridized carbons (Fsp3) is 0.667. The average Bonchev–Trinajstić information content (AvgIpc) is 3.09. The molecule has 0 aliphatic carbocycles. The van der Waals surface area contributed by atoms with E-state index in [9.17, 15) is 0 Å². The zero-order valence-electron chi connectivity index (χ0n) is 13.7. The quantitative estimate of drug-likeness (QED) is 0.646. The number of nitrogens with one attached hydrogen (secondary N) is 1. The molecule has 0 radical (unpaired) electrons. The number of hydrogen-bond donors (Lipinski definition) is 1. The molecular weight excluding hydrogens is 336 g/mol. The monoisotopic (exact) mass is 360 g/mol. The molecule has 0 bridgehead atoms. The molecule has 7 heteroatoms. The molecule has 4 nitrogen and oxygen atoms in total. The van der Waals surface area contributed by atoms with Crippen molar-refractivity contribution in [2.75, 3.05) is 46.2 Å². The highest BCUT2D eigenvalue weighted by Crippen LogP contribution is 2.31. The van der Waals surface area contributed by atoms with Crippen molar-refractivity contribution in [1.82, 2.24) is 15.1 Å². The first-order valence-electron chi connectivity index (χ1n) is 7.38. The van der Waals surface area contributed by atoms with E-state index in [1.54, 1.807) is 11.3 Å². The van der Waals surface area contributed by atoms with Crippen LogP contribution in [0.5, 0.6) is 0 Å². The van der Waals surface area contributed by atoms with Crippen LogP contribution in [0.2, 0.25) is 4.34 Å². The Kier molecular flexibility index (Phi) is 6.44. The predicted molar refractivity (Wildman–Crippen MR) is 101 cm³/mol. The Morgan fingerprint density at radius 2 is 2.18 bits per heavy atom. The van der Waals surface area contributed by atoms with Crippen LogP contribution in [0.25, 0.3) is 0 Å². The van der Waals surface area contributed by atoms with Gasteiger partial charge >= 0.3 is 0 Å². The van der Waals surface area contributed by atoms with E-state index in [1.165, 1.54) is 22.8 Å². The van der Waals surface area contributed by atoms with E-state index in [-0.39, 0.29) is 5.54 Å². The molecule has 1 atom stereocenters. The van der Waals surface area contributed by atoms with Crippen molar-refractivity contribution < 1.29 is 0 Å². The number of nitrogens with zero attached hydrogens (tertiary/aromatic N) is 3. The van der Waals surface area contributed by atoms with Gasteiger partial charge in [-0.25, -0.2) is 0 Å². The van der Waals surface area contributed by atoms with Crippen LogP contribution < -0.4 is 5.32 Å². The SMILES string of the molecule is CN=C(NCC1(N(C)C)CCSC1)N(C)Cc1ccc(Cl)s1. The van der Waals surface area contributed by atoms with Gasteiger partial charge < -0.3 is 15.1 Å². The second-order valence-corrected chi connectivity index (χ2v) is 8.79. The Morgan fingerprint density at radius 1 is 1.41 bits per heavy atom. The molecule has 1 aromatic rings. The van der Waals surface area contributed by atoms with Crippen molar-refractivity contribution in [3.8, 4) is 0 Å². The third-order valence-corrected chi connectivity index (χ3v) is 6.65. The van der Waals surface area contributed by atoms with Gasteiger partial charge in [0, 0.05) is 36.8 Å². The summed E-state index contributed by atoms with van der Waals surface area (Å²) in [5.41, 5.74) is 0.230. The fourth-order valence-corrected chi connectivity index (χ4v) is 5.31. The number of aliphatic imine (C=N–C) groups is 1. The third-order valence-electron chi connectivity index (χ3n) is 4.20. The summed E-state index contributed by atoms with van der Waals surface area (Å²) in [5.74, 6) is 3.35. The first-order valence-corrected chi connectivity index (χ1v) is 9.73. The van der Waals surface area contributed by atoms with E-state index in [2.05, 4.69) is 47.3 Å². The molecule has 1 aliphatic rings. The van der Waals surface area contributed by atoms with Crippen LogP contribution in [0.3, 0.4) is 0 Å². The molecule has 0 aromatic carbocycles. The number of guanidine groups is 1. The van der Waals surface area contributed by atoms with Gasteiger partial charge in [-0.05, 0) is 38.4 Å². The van der Waals surface area contributed by atoms with Crippen molar-refractivity contribution in [3.63, 3.8) is 0 Å². The first-order chi connectivity index (χ1) is 10.5. The highest BCUT2D eigenvalue weighted by atomic mass is 35.5. The minimum Gasteiger partial charge on any atom is -0.354 e. The van der Waals surface area contributed by atoms with Crippen molar-refractivity contribution in [3.05, 3.63) is 21.3 Å². The molecule has 1 fully saturated rings. The van der Waals surface area contributed by atoms with Gasteiger partial charge in [0.2, 0.25) is 0 Å². The zero-order chi connectivity index (χ0) is 16.2. The topological polar surface area (TPSA) is 30.9 Å². The maximum atomic E-state index is 6.00. The second kappa shape index (κ2) is 7.90. The van der Waals surface area contributed by atoms with Crippen LogP contribution in [0.15, 0.2) is 17.1 Å². The average molecular weight is 361 g/mol. The lowest BCUT2D eigenvalue weighted by atomic mass is 9.97. The van der Waals surface area contributed by atoms with Crippen LogP contribution in [0, 0.1) is 0 Å². The molecule has 1 N–H and O–H groups in total. The summed E-state index contributed by atoms with van der Waals surface area (Å²) in [7, 11) is 8.25. The van der Waals surface area contributed by atoms with Gasteiger partial charge in [-0.1, -0.05) is 11.6 Å². The molecular formula is C15H25ClN4S2. The Labute approximate surface area is 146 Å². The molecule has 1 aliphatic heterocycles. The van der Waals surface area contributed by atoms with E-state index < -0.39 is 0 Å². The van der Waals surface area contributed by atoms with Crippen LogP contribution in [0.4, 0.5) is 0 Å². The Hall–Kier alpha value is -0.430. The number of rotatable bonds is 5. The molecule has 1 saturated heterocycles. The third kappa shape index (κ3) is 4.31. The van der Waals surface area contributed by atoms with Gasteiger partial charge in [-0.15, -0.1) is 11.3 Å². The molecule has 2 heterocycles. The van der Waals surface area contributed by atoms with Gasteiger partial charge in [-0.3, -0.25) is 4.99 Å². The predicted octanol–water partition coefficient (Wildman–Crippen LogP) is 2.85. The number of likely N-dealkylation sites (N-methyl/N-ethyl adjacent to an activating group) is 1. The Balaban J connectivity index is 1.94. The fourth-order valence-electron chi connectivity index (χ4n) is 2.62. The molecule has 124 valence electrons. The summed E-state index contributed by atoms with van der Waals surface area (Å²) in [6.07, 6.45) is 1.22. The summed E-state index contributed by atoms with van der Waals surface area (Å²) < 4.78 is 0.834. The largest absolute Gasteiger partial charge is 0.354 e. The standard InChI is InChI=1S/C15H25ClN4S2/c1-17-14(20(4)9-12-5-6-13(16)22-12)18-10-15(19(2)3)7-8-21-11-15/h5-6H,7-11H2,1-4H3,(H,17,18). The van der Waals surface area contributed by atoms with E-state index in [0.717, 1.165) is 23.4 Å². The summed E-state index contributed by atoms with van der Waals surface area (Å²) in [6, 6.07) is 4.02. The summed E-state index contributed by atoms with van der Waals surface area (Å²) >= 11 is 9.66. The summed E-state index contributed by atoms with van der Waals surface area (Å²) in [5, 5.41) is 3.55. The van der Waals surface area contributed by atoms with E-state index in [0.29, 0.717) is 0 Å². The summed E-state index contributed by atoms with van der Waals surface area (Å²) in [6.45, 7) is 1.75. The smallest absolute Gasteiger partial charge is 0.193 e. The lowest BCUT2D eigenvalue weighted by Crippen LogP contribution is -2.54. The first kappa shape index (κ1) is 17.9. The van der Waals surface area contributed by atoms with Gasteiger partial charge in [0.05, 0.1) is 10.9 Å². The molecule has 2 rings (SSSR count). The van der Waals surface area contributed by atoms with Crippen LogP contribution in [-0.4, -0.2) is 67.5 Å². The summed E-state index contributed by atoms with van der Waals surface area (Å²) in [4.78, 5) is 10.2. The van der Waals surface area contributed by atoms with Gasteiger partial charge in [0.15, 0.2) is 5.96 Å². The van der Waals surface area contributed by atoms with Crippen molar-refractivity contribution >= 4 is 40.7 Å². The van der Waals surface area contributed by atoms with Crippen molar-refractivity contribution in [2.24, 2.45) is 4.99 Å². The number of thioether (sulfide) groups is 1. The minimum atomic E-state index is 0.230. The second-order valence-electron chi connectivity index (χ2n) is 5.88. The molecule has 1 unspecified atom stereocenters. The zero-order valence-corrected chi connectivity index (χ0v) is 16.1. The van der Waals surface area contributed by atoms with Crippen molar-refractivity contribution in [1.29, 1.82) is 0 Å². The molecule has 1 aromatic heterocycles. The maximum absolute atomic E-state index is 6.00. The number of halogens is 1. The van der Waals surface area contributed by atoms with Crippen molar-refractivity contribution in [2.45, 2.75) is 18.5 Å². The Morgan fingerprint density at radius 3 is 2.68 bits per heavy atom. The Bertz CT molecular complexity index is 509. The van der Waals surface area contributed by atoms with E-state index >= 15 is 0 Å². The molecule has 22 heavy (non-hydrogen) atoms. The molecule has 0 amide bonds. The highest BCUT2D eigenvalue weighted by molar-refractivity contribution is 7.99. The normalized spacial score (nSPS) is 22.4. The molecule has 0 saturated carbocycles. The molecule has 0 spiro atoms. The highest BCUT2D eigenvalue weighted by Gasteiger charge is 2.36. The lowest BCUT2D eigenvalue weighted by molar-refractivity contribution is 0.181. The number of thiophene rings is 1. The van der Waals surface area contributed by atoms with E-state index in [1.807, 2.05) is 24.9 Å². The minimum absolute atomic E-state index is 0.230. The number of hydrogen-bond acceptors (Lipinski definition) is 4. The van der Waals surface area contributed by atoms with E-state index in [4.69, 9.17) is 11.6 Å². The van der Waals surface area contributed by atoms with Gasteiger partial charge in [0.25, 0.3) is 0 Å². The van der Waals surface area contributed by atoms with Crippen LogP contribution >= 0.6 is 34.7 Å². The maximum Gasteiger partial charge on any atom is 0.193 e. The van der Waals surface area contributed by atoms with Gasteiger partial charge in [0.1, 0.15) is 0 Å². The lowest BCUT2D eigenvalue weighted by Gasteiger charge is -2.37. The van der Waals surface area contributed by atoms with Crippen LogP contribution in [-0.2, 0) is 6.54 Å². The van der Waals surface area contributed by atoms with Gasteiger partial charge in [-0.2, -0.15) is 11.8 Å².